The summed E-state index contributed by atoms with van der Waals surface area (Å²) in [6.07, 6.45) is 0. The molecular formula is C18H14ClNO2. The summed E-state index contributed by atoms with van der Waals surface area (Å²) in [5.41, 5.74) is 3.63. The summed E-state index contributed by atoms with van der Waals surface area (Å²) in [5.74, 6) is -0.865. The molecule has 3 rings (SSSR count). The van der Waals surface area contributed by atoms with E-state index in [1.165, 1.54) is 0 Å². The van der Waals surface area contributed by atoms with Crippen molar-refractivity contribution in [2.24, 2.45) is 0 Å². The lowest BCUT2D eigenvalue weighted by Crippen LogP contribution is -2.31. The molecule has 0 radical (unpaired) electrons. The Balaban J connectivity index is 2.08. The Hall–Kier alpha value is -2.39. The Morgan fingerprint density at radius 1 is 0.864 bits per heavy atom. The normalized spacial score (nSPS) is 15.0. The number of para-hydroxylation sites is 1. The lowest BCUT2D eigenvalue weighted by molar-refractivity contribution is -0.119. The van der Waals surface area contributed by atoms with Gasteiger partial charge >= 0.3 is 0 Å². The van der Waals surface area contributed by atoms with E-state index in [2.05, 4.69) is 0 Å². The number of nitrogens with zero attached hydrogens (tertiary/aromatic N) is 1. The first-order chi connectivity index (χ1) is 10.5. The van der Waals surface area contributed by atoms with Crippen molar-refractivity contribution in [2.45, 2.75) is 13.8 Å². The van der Waals surface area contributed by atoms with Crippen LogP contribution < -0.4 is 4.90 Å². The van der Waals surface area contributed by atoms with Gasteiger partial charge in [0.1, 0.15) is 5.03 Å². The first kappa shape index (κ1) is 14.5. The Morgan fingerprint density at radius 2 is 1.55 bits per heavy atom. The maximum Gasteiger partial charge on any atom is 0.277 e. The summed E-state index contributed by atoms with van der Waals surface area (Å²) in [6.45, 7) is 3.95. The number of rotatable bonds is 2. The predicted molar refractivity (Wildman–Crippen MR) is 87.6 cm³/mol. The molecule has 0 atom stereocenters. The molecule has 0 spiro atoms. The Kier molecular flexibility index (Phi) is 3.59. The number of aryl methyl sites for hydroxylation is 2. The lowest BCUT2D eigenvalue weighted by atomic mass is 10.0. The molecule has 2 aromatic rings. The monoisotopic (exact) mass is 311 g/mol. The van der Waals surface area contributed by atoms with E-state index >= 15 is 0 Å². The quantitative estimate of drug-likeness (QED) is 0.791. The summed E-state index contributed by atoms with van der Waals surface area (Å²) in [4.78, 5) is 26.2. The summed E-state index contributed by atoms with van der Waals surface area (Å²) in [6, 6.07) is 14.4. The number of amides is 2. The van der Waals surface area contributed by atoms with Gasteiger partial charge in [0.15, 0.2) is 0 Å². The highest BCUT2D eigenvalue weighted by atomic mass is 35.5. The van der Waals surface area contributed by atoms with Gasteiger partial charge in [0.05, 0.1) is 11.3 Å². The van der Waals surface area contributed by atoms with Gasteiger partial charge in [-0.3, -0.25) is 9.59 Å². The zero-order valence-corrected chi connectivity index (χ0v) is 13.0. The van der Waals surface area contributed by atoms with E-state index in [-0.39, 0.29) is 16.5 Å². The Morgan fingerprint density at radius 3 is 2.18 bits per heavy atom. The maximum absolute atomic E-state index is 12.7. The molecule has 0 saturated carbocycles. The van der Waals surface area contributed by atoms with E-state index in [1.54, 1.807) is 24.3 Å². The van der Waals surface area contributed by atoms with Crippen LogP contribution in [0.15, 0.2) is 53.6 Å². The second kappa shape index (κ2) is 5.43. The van der Waals surface area contributed by atoms with Crippen molar-refractivity contribution in [2.75, 3.05) is 4.90 Å². The predicted octanol–water partition coefficient (Wildman–Crippen LogP) is 3.83. The molecule has 1 heterocycles. The van der Waals surface area contributed by atoms with Crippen LogP contribution in [0.4, 0.5) is 5.69 Å². The number of halogens is 1. The van der Waals surface area contributed by atoms with Crippen LogP contribution in [-0.4, -0.2) is 11.8 Å². The Labute approximate surface area is 133 Å². The molecule has 0 bridgehead atoms. The molecule has 110 valence electrons. The highest BCUT2D eigenvalue weighted by molar-refractivity contribution is 6.60. The van der Waals surface area contributed by atoms with Gasteiger partial charge in [-0.2, -0.15) is 0 Å². The summed E-state index contributed by atoms with van der Waals surface area (Å²) < 4.78 is 0. The molecule has 4 heteroatoms. The number of carbonyl (C=O) groups excluding carboxylic acids is 2. The van der Waals surface area contributed by atoms with Gasteiger partial charge in [0.2, 0.25) is 0 Å². The van der Waals surface area contributed by atoms with Gasteiger partial charge in [-0.1, -0.05) is 48.0 Å². The summed E-state index contributed by atoms with van der Waals surface area (Å²) in [7, 11) is 0. The second-order valence-corrected chi connectivity index (χ2v) is 5.65. The van der Waals surface area contributed by atoms with E-state index < -0.39 is 5.91 Å². The number of anilines is 1. The minimum atomic E-state index is -0.480. The fourth-order valence-corrected chi connectivity index (χ4v) is 2.74. The number of hydrogen-bond donors (Lipinski definition) is 0. The second-order valence-electron chi connectivity index (χ2n) is 5.27. The first-order valence-electron chi connectivity index (χ1n) is 6.92. The minimum absolute atomic E-state index is 0.0305. The van der Waals surface area contributed by atoms with Gasteiger partial charge < -0.3 is 0 Å². The SMILES string of the molecule is Cc1ccc(C2=C(Cl)C(=O)N(c3ccccc3)C2=O)cc1C. The number of carbonyl (C=O) groups is 2. The van der Waals surface area contributed by atoms with Crippen molar-refractivity contribution in [1.82, 2.24) is 0 Å². The highest BCUT2D eigenvalue weighted by Gasteiger charge is 2.39. The van der Waals surface area contributed by atoms with Gasteiger partial charge in [-0.15, -0.1) is 0 Å². The number of hydrogen-bond acceptors (Lipinski definition) is 2. The molecule has 2 amide bonds. The van der Waals surface area contributed by atoms with Gasteiger partial charge in [-0.25, -0.2) is 4.90 Å². The Bertz CT molecular complexity index is 809. The average Bonchev–Trinajstić information content (AvgIpc) is 2.73. The third-order valence-corrected chi connectivity index (χ3v) is 4.19. The van der Waals surface area contributed by atoms with E-state index in [9.17, 15) is 9.59 Å². The molecule has 0 aliphatic carbocycles. The topological polar surface area (TPSA) is 37.4 Å². The molecule has 0 fully saturated rings. The van der Waals surface area contributed by atoms with E-state index in [4.69, 9.17) is 11.6 Å². The van der Waals surface area contributed by atoms with Crippen molar-refractivity contribution in [3.63, 3.8) is 0 Å². The maximum atomic E-state index is 12.7. The van der Waals surface area contributed by atoms with Crippen LogP contribution in [0.3, 0.4) is 0 Å². The first-order valence-corrected chi connectivity index (χ1v) is 7.29. The van der Waals surface area contributed by atoms with Gasteiger partial charge in [0, 0.05) is 0 Å². The third-order valence-electron chi connectivity index (χ3n) is 3.84. The minimum Gasteiger partial charge on any atom is -0.268 e. The van der Waals surface area contributed by atoms with Crippen LogP contribution in [0.1, 0.15) is 16.7 Å². The molecule has 1 aliphatic heterocycles. The molecule has 0 aromatic heterocycles. The van der Waals surface area contributed by atoms with E-state index in [0.29, 0.717) is 11.3 Å². The molecule has 2 aromatic carbocycles. The van der Waals surface area contributed by atoms with Crippen molar-refractivity contribution < 1.29 is 9.59 Å². The smallest absolute Gasteiger partial charge is 0.268 e. The third kappa shape index (κ3) is 2.24. The zero-order valence-electron chi connectivity index (χ0n) is 12.3. The highest BCUT2D eigenvalue weighted by Crippen LogP contribution is 2.35. The van der Waals surface area contributed by atoms with Crippen molar-refractivity contribution >= 4 is 34.7 Å². The van der Waals surface area contributed by atoms with Crippen molar-refractivity contribution in [3.05, 3.63) is 70.3 Å². The van der Waals surface area contributed by atoms with Crippen LogP contribution in [0.2, 0.25) is 0 Å². The summed E-state index contributed by atoms with van der Waals surface area (Å²) >= 11 is 6.16. The largest absolute Gasteiger partial charge is 0.277 e. The molecular weight excluding hydrogens is 298 g/mol. The molecule has 0 N–H and O–H groups in total. The van der Waals surface area contributed by atoms with E-state index in [0.717, 1.165) is 16.0 Å². The van der Waals surface area contributed by atoms with Gasteiger partial charge in [-0.05, 0) is 42.7 Å². The van der Waals surface area contributed by atoms with Crippen molar-refractivity contribution in [3.8, 4) is 0 Å². The van der Waals surface area contributed by atoms with Crippen LogP contribution in [0, 0.1) is 13.8 Å². The number of imide groups is 1. The van der Waals surface area contributed by atoms with Crippen LogP contribution in [-0.2, 0) is 9.59 Å². The molecule has 1 aliphatic rings. The fourth-order valence-electron chi connectivity index (χ4n) is 2.46. The molecule has 0 saturated heterocycles. The van der Waals surface area contributed by atoms with Gasteiger partial charge in [0.25, 0.3) is 11.8 Å². The van der Waals surface area contributed by atoms with Crippen LogP contribution >= 0.6 is 11.6 Å². The van der Waals surface area contributed by atoms with Crippen LogP contribution in [0.5, 0.6) is 0 Å². The average molecular weight is 312 g/mol. The standard InChI is InChI=1S/C18H14ClNO2/c1-11-8-9-13(10-12(11)2)15-16(19)18(22)20(17(15)21)14-6-4-3-5-7-14/h3-10H,1-2H3. The fraction of sp³-hybridized carbons (Fsp3) is 0.111. The molecule has 3 nitrogen and oxygen atoms in total. The van der Waals surface area contributed by atoms with E-state index in [1.807, 2.05) is 38.1 Å². The molecule has 22 heavy (non-hydrogen) atoms. The number of benzene rings is 2. The summed E-state index contributed by atoms with van der Waals surface area (Å²) in [5, 5.41) is -0.0305. The van der Waals surface area contributed by atoms with Crippen molar-refractivity contribution in [1.29, 1.82) is 0 Å². The lowest BCUT2D eigenvalue weighted by Gasteiger charge is -2.14. The van der Waals surface area contributed by atoms with Crippen LogP contribution in [0.25, 0.3) is 5.57 Å². The zero-order chi connectivity index (χ0) is 15.9. The molecule has 0 unspecified atom stereocenters.